The Morgan fingerprint density at radius 3 is 2.79 bits per heavy atom. The third-order valence-corrected chi connectivity index (χ3v) is 6.99. The Morgan fingerprint density at radius 2 is 2.03 bits per heavy atom. The molecule has 0 N–H and O–H groups in total. The molecule has 0 aliphatic rings. The van der Waals surface area contributed by atoms with Gasteiger partial charge in [0.2, 0.25) is 0 Å². The molecule has 0 bridgehead atoms. The molecular weight excluding hydrogens is 420 g/mol. The number of thiazole rings is 1. The molecular formula is C22H20N2O2S3. The zero-order valence-corrected chi connectivity index (χ0v) is 18.6. The van der Waals surface area contributed by atoms with Gasteiger partial charge in [-0.15, -0.1) is 23.5 Å². The van der Waals surface area contributed by atoms with Gasteiger partial charge in [-0.25, -0.2) is 4.98 Å². The molecule has 29 heavy (non-hydrogen) atoms. The third-order valence-electron chi connectivity index (χ3n) is 4.35. The molecule has 0 atom stereocenters. The van der Waals surface area contributed by atoms with Crippen molar-refractivity contribution in [3.63, 3.8) is 0 Å². The normalized spacial score (nSPS) is 11.1. The van der Waals surface area contributed by atoms with Crippen LogP contribution in [0.3, 0.4) is 0 Å². The molecule has 0 radical (unpaired) electrons. The highest BCUT2D eigenvalue weighted by molar-refractivity contribution is 7.99. The molecule has 0 fully saturated rings. The van der Waals surface area contributed by atoms with E-state index in [9.17, 15) is 4.79 Å². The van der Waals surface area contributed by atoms with Gasteiger partial charge in [0.15, 0.2) is 5.13 Å². The molecule has 4 nitrogen and oxygen atoms in total. The van der Waals surface area contributed by atoms with Crippen molar-refractivity contribution < 1.29 is 9.21 Å². The lowest BCUT2D eigenvalue weighted by molar-refractivity contribution is 0.0983. The van der Waals surface area contributed by atoms with Crippen LogP contribution in [0, 0.1) is 0 Å². The number of thioether (sulfide) groups is 2. The molecule has 4 aromatic rings. The molecule has 2 aromatic carbocycles. The van der Waals surface area contributed by atoms with Crippen molar-refractivity contribution in [3.05, 3.63) is 72.2 Å². The van der Waals surface area contributed by atoms with E-state index in [1.54, 1.807) is 34.7 Å². The second-order valence-corrected chi connectivity index (χ2v) is 9.49. The van der Waals surface area contributed by atoms with Crippen LogP contribution in [0.15, 0.2) is 75.1 Å². The summed E-state index contributed by atoms with van der Waals surface area (Å²) >= 11 is 4.95. The summed E-state index contributed by atoms with van der Waals surface area (Å²) in [5, 5.41) is 0.674. The van der Waals surface area contributed by atoms with Crippen LogP contribution in [0.1, 0.15) is 23.0 Å². The summed E-state index contributed by atoms with van der Waals surface area (Å²) < 4.78 is 6.59. The highest BCUT2D eigenvalue weighted by Gasteiger charge is 2.23. The van der Waals surface area contributed by atoms with Crippen LogP contribution in [0.25, 0.3) is 10.2 Å². The Balaban J connectivity index is 1.73. The van der Waals surface area contributed by atoms with Crippen LogP contribution >= 0.6 is 34.9 Å². The number of furan rings is 1. The maximum absolute atomic E-state index is 13.5. The summed E-state index contributed by atoms with van der Waals surface area (Å²) in [6.45, 7) is 2.44. The number of carbonyl (C=O) groups excluding carboxylic acids is 1. The molecule has 0 aliphatic heterocycles. The zero-order valence-electron chi connectivity index (χ0n) is 16.1. The van der Waals surface area contributed by atoms with Gasteiger partial charge in [-0.1, -0.05) is 24.3 Å². The van der Waals surface area contributed by atoms with Gasteiger partial charge < -0.3 is 4.42 Å². The molecule has 1 amide bonds. The van der Waals surface area contributed by atoms with Crippen LogP contribution in [0.5, 0.6) is 0 Å². The van der Waals surface area contributed by atoms with Crippen LogP contribution in [-0.2, 0) is 6.54 Å². The lowest BCUT2D eigenvalue weighted by Crippen LogP contribution is -2.30. The summed E-state index contributed by atoms with van der Waals surface area (Å²) in [6.07, 6.45) is 3.68. The van der Waals surface area contributed by atoms with Gasteiger partial charge in [0, 0.05) is 15.4 Å². The van der Waals surface area contributed by atoms with Crippen LogP contribution in [-0.4, -0.2) is 22.9 Å². The Labute approximate surface area is 182 Å². The van der Waals surface area contributed by atoms with E-state index in [4.69, 9.17) is 9.40 Å². The Hall–Kier alpha value is -2.22. The minimum absolute atomic E-state index is 0.0795. The minimum Gasteiger partial charge on any atom is -0.467 e. The predicted molar refractivity (Wildman–Crippen MR) is 123 cm³/mol. The summed E-state index contributed by atoms with van der Waals surface area (Å²) in [5.41, 5.74) is 1.55. The minimum atomic E-state index is -0.0795. The van der Waals surface area contributed by atoms with Gasteiger partial charge in [-0.3, -0.25) is 9.69 Å². The third kappa shape index (κ3) is 4.52. The Bertz CT molecular complexity index is 1120. The van der Waals surface area contributed by atoms with Crippen molar-refractivity contribution in [1.29, 1.82) is 0 Å². The van der Waals surface area contributed by atoms with Crippen molar-refractivity contribution in [2.75, 3.05) is 16.9 Å². The van der Waals surface area contributed by atoms with Gasteiger partial charge in [0.1, 0.15) is 5.76 Å². The lowest BCUT2D eigenvalue weighted by Gasteiger charge is -2.19. The van der Waals surface area contributed by atoms with E-state index in [1.807, 2.05) is 42.5 Å². The maximum Gasteiger partial charge on any atom is 0.260 e. The number of hydrogen-bond donors (Lipinski definition) is 0. The van der Waals surface area contributed by atoms with E-state index in [0.717, 1.165) is 26.6 Å². The Morgan fingerprint density at radius 1 is 1.14 bits per heavy atom. The first kappa shape index (κ1) is 20.1. The SMILES string of the molecule is CCSc1cccc(C(=O)N(Cc2ccco2)c2nc3ccc(SC)cc3s2)c1. The van der Waals surface area contributed by atoms with E-state index in [1.165, 1.54) is 16.2 Å². The molecule has 4 rings (SSSR count). The number of nitrogens with zero attached hydrogens (tertiary/aromatic N) is 2. The standard InChI is InChI=1S/C22H20N2O2S3/c1-3-28-18-8-4-6-15(12-18)21(25)24(14-16-7-5-11-26-16)22-23-19-10-9-17(27-2)13-20(19)29-22/h4-13H,3,14H2,1-2H3. The van der Waals surface area contributed by atoms with E-state index < -0.39 is 0 Å². The van der Waals surface area contributed by atoms with Crippen LogP contribution < -0.4 is 4.90 Å². The summed E-state index contributed by atoms with van der Waals surface area (Å²) in [4.78, 5) is 22.2. The molecule has 0 spiro atoms. The average molecular weight is 441 g/mol. The van der Waals surface area contributed by atoms with Gasteiger partial charge in [0.05, 0.1) is 23.0 Å². The van der Waals surface area contributed by atoms with Gasteiger partial charge >= 0.3 is 0 Å². The molecule has 2 aromatic heterocycles. The second kappa shape index (κ2) is 9.07. The number of fused-ring (bicyclic) bond motifs is 1. The van der Waals surface area contributed by atoms with Gasteiger partial charge in [0.25, 0.3) is 5.91 Å². The average Bonchev–Trinajstić information content (AvgIpc) is 3.40. The molecule has 0 aliphatic carbocycles. The van der Waals surface area contributed by atoms with Crippen molar-refractivity contribution in [2.45, 2.75) is 23.3 Å². The maximum atomic E-state index is 13.5. The van der Waals surface area contributed by atoms with E-state index >= 15 is 0 Å². The smallest absolute Gasteiger partial charge is 0.260 e. The van der Waals surface area contributed by atoms with E-state index in [2.05, 4.69) is 25.3 Å². The Kier molecular flexibility index (Phi) is 6.28. The second-order valence-electron chi connectivity index (χ2n) is 6.26. The number of amides is 1. The first-order chi connectivity index (χ1) is 14.2. The molecule has 0 saturated carbocycles. The van der Waals surface area contributed by atoms with Crippen molar-refractivity contribution in [2.24, 2.45) is 0 Å². The van der Waals surface area contributed by atoms with E-state index in [0.29, 0.717) is 17.2 Å². The van der Waals surface area contributed by atoms with Gasteiger partial charge in [-0.2, -0.15) is 0 Å². The summed E-state index contributed by atoms with van der Waals surface area (Å²) in [5.74, 6) is 1.61. The first-order valence-electron chi connectivity index (χ1n) is 9.19. The molecule has 2 heterocycles. The van der Waals surface area contributed by atoms with Crippen LogP contribution in [0.2, 0.25) is 0 Å². The highest BCUT2D eigenvalue weighted by Crippen LogP contribution is 2.33. The number of anilines is 1. The molecule has 0 unspecified atom stereocenters. The fourth-order valence-corrected chi connectivity index (χ4v) is 5.20. The van der Waals surface area contributed by atoms with Crippen molar-refractivity contribution in [1.82, 2.24) is 4.98 Å². The topological polar surface area (TPSA) is 46.3 Å². The lowest BCUT2D eigenvalue weighted by atomic mass is 10.2. The van der Waals surface area contributed by atoms with Crippen molar-refractivity contribution >= 4 is 56.1 Å². The number of carbonyl (C=O) groups is 1. The summed E-state index contributed by atoms with van der Waals surface area (Å²) in [7, 11) is 0. The van der Waals surface area contributed by atoms with E-state index in [-0.39, 0.29) is 5.91 Å². The monoisotopic (exact) mass is 440 g/mol. The summed E-state index contributed by atoms with van der Waals surface area (Å²) in [6, 6.07) is 17.7. The fourth-order valence-electron chi connectivity index (χ4n) is 2.96. The number of benzene rings is 2. The number of aromatic nitrogens is 1. The fraction of sp³-hybridized carbons (Fsp3) is 0.182. The number of rotatable bonds is 7. The molecule has 148 valence electrons. The van der Waals surface area contributed by atoms with Crippen LogP contribution in [0.4, 0.5) is 5.13 Å². The number of hydrogen-bond acceptors (Lipinski definition) is 6. The quantitative estimate of drug-likeness (QED) is 0.304. The molecule has 7 heteroatoms. The van der Waals surface area contributed by atoms with Crippen molar-refractivity contribution in [3.8, 4) is 0 Å². The zero-order chi connectivity index (χ0) is 20.2. The first-order valence-corrected chi connectivity index (χ1v) is 12.2. The largest absolute Gasteiger partial charge is 0.467 e. The predicted octanol–water partition coefficient (Wildman–Crippen LogP) is 6.57. The molecule has 0 saturated heterocycles. The highest BCUT2D eigenvalue weighted by atomic mass is 32.2. The van der Waals surface area contributed by atoms with Gasteiger partial charge in [-0.05, 0) is 60.5 Å².